The molecular weight excluding hydrogens is 248 g/mol. The van der Waals surface area contributed by atoms with Gasteiger partial charge in [0.05, 0.1) is 17.9 Å². The van der Waals surface area contributed by atoms with E-state index in [-0.39, 0.29) is 6.04 Å². The summed E-state index contributed by atoms with van der Waals surface area (Å²) in [6.07, 6.45) is 2.73. The molecule has 0 amide bonds. The summed E-state index contributed by atoms with van der Waals surface area (Å²) in [5, 5.41) is 8.73. The molecular formula is C13H17ClN4. The molecule has 2 rings (SSSR count). The molecule has 1 unspecified atom stereocenters. The van der Waals surface area contributed by atoms with E-state index in [1.807, 2.05) is 29.8 Å². The predicted octanol–water partition coefficient (Wildman–Crippen LogP) is 2.70. The number of rotatable bonds is 4. The fourth-order valence-electron chi connectivity index (χ4n) is 2.04. The predicted molar refractivity (Wildman–Crippen MR) is 72.5 cm³/mol. The largest absolute Gasteiger partial charge is 0.319 e. The topological polar surface area (TPSA) is 56.7 Å². The van der Waals surface area contributed by atoms with Gasteiger partial charge in [0.2, 0.25) is 0 Å². The minimum absolute atomic E-state index is 0.219. The molecule has 0 saturated heterocycles. The third-order valence-electron chi connectivity index (χ3n) is 2.97. The number of hydrogen-bond donors (Lipinski definition) is 1. The van der Waals surface area contributed by atoms with Crippen LogP contribution < -0.4 is 5.73 Å². The molecule has 4 nitrogen and oxygen atoms in total. The minimum Gasteiger partial charge on any atom is -0.319 e. The quantitative estimate of drug-likeness (QED) is 0.924. The van der Waals surface area contributed by atoms with Crippen molar-refractivity contribution in [2.45, 2.75) is 32.9 Å². The summed E-state index contributed by atoms with van der Waals surface area (Å²) in [6.45, 7) is 4.94. The Hall–Kier alpha value is -1.39. The van der Waals surface area contributed by atoms with Crippen molar-refractivity contribution in [3.05, 3.63) is 46.2 Å². The van der Waals surface area contributed by atoms with Crippen LogP contribution in [0.5, 0.6) is 0 Å². The lowest BCUT2D eigenvalue weighted by atomic mass is 10.00. The molecule has 2 aromatic rings. The molecule has 2 N–H and O–H groups in total. The van der Waals surface area contributed by atoms with Crippen molar-refractivity contribution in [2.75, 3.05) is 0 Å². The van der Waals surface area contributed by atoms with Crippen LogP contribution >= 0.6 is 11.6 Å². The van der Waals surface area contributed by atoms with Gasteiger partial charge in [-0.2, -0.15) is 0 Å². The first-order valence-corrected chi connectivity index (χ1v) is 6.41. The normalized spacial score (nSPS) is 12.7. The fourth-order valence-corrected chi connectivity index (χ4v) is 2.27. The zero-order chi connectivity index (χ0) is 13.1. The Kier molecular flexibility index (Phi) is 3.99. The lowest BCUT2D eigenvalue weighted by molar-refractivity contribution is 0.543. The van der Waals surface area contributed by atoms with Crippen LogP contribution in [0.4, 0.5) is 0 Å². The summed E-state index contributed by atoms with van der Waals surface area (Å²) in [4.78, 5) is 0. The third kappa shape index (κ3) is 2.54. The van der Waals surface area contributed by atoms with Crippen LogP contribution in [0.1, 0.15) is 36.2 Å². The second kappa shape index (κ2) is 5.50. The summed E-state index contributed by atoms with van der Waals surface area (Å²) in [7, 11) is 0. The summed E-state index contributed by atoms with van der Waals surface area (Å²) in [5.74, 6) is 0. The van der Waals surface area contributed by atoms with Gasteiger partial charge in [0.1, 0.15) is 0 Å². The van der Waals surface area contributed by atoms with Gasteiger partial charge in [0.15, 0.2) is 0 Å². The summed E-state index contributed by atoms with van der Waals surface area (Å²) >= 11 is 5.96. The van der Waals surface area contributed by atoms with Crippen molar-refractivity contribution in [3.8, 4) is 0 Å². The highest BCUT2D eigenvalue weighted by Gasteiger charge is 2.16. The van der Waals surface area contributed by atoms with E-state index < -0.39 is 0 Å². The van der Waals surface area contributed by atoms with Crippen LogP contribution in [-0.4, -0.2) is 15.0 Å². The molecule has 1 atom stereocenters. The molecule has 1 heterocycles. The molecule has 1 aromatic heterocycles. The number of benzene rings is 1. The molecule has 0 radical (unpaired) electrons. The van der Waals surface area contributed by atoms with Crippen LogP contribution in [0, 0.1) is 6.92 Å². The number of nitrogens with two attached hydrogens (primary N) is 1. The van der Waals surface area contributed by atoms with Gasteiger partial charge in [-0.25, -0.2) is 4.68 Å². The molecule has 0 aliphatic carbocycles. The second-order valence-corrected chi connectivity index (χ2v) is 4.80. The van der Waals surface area contributed by atoms with Crippen LogP contribution in [0.3, 0.4) is 0 Å². The van der Waals surface area contributed by atoms with E-state index in [4.69, 9.17) is 17.3 Å². The van der Waals surface area contributed by atoms with Crippen molar-refractivity contribution < 1.29 is 0 Å². The van der Waals surface area contributed by atoms with Crippen molar-refractivity contribution >= 4 is 11.6 Å². The van der Waals surface area contributed by atoms with Crippen LogP contribution in [0.25, 0.3) is 0 Å². The van der Waals surface area contributed by atoms with E-state index in [9.17, 15) is 0 Å². The van der Waals surface area contributed by atoms with Crippen molar-refractivity contribution in [1.29, 1.82) is 0 Å². The van der Waals surface area contributed by atoms with Crippen molar-refractivity contribution in [3.63, 3.8) is 0 Å². The zero-order valence-corrected chi connectivity index (χ0v) is 11.4. The van der Waals surface area contributed by atoms with Gasteiger partial charge in [-0.3, -0.25) is 0 Å². The molecule has 0 aliphatic rings. The number of halogens is 1. The zero-order valence-electron chi connectivity index (χ0n) is 10.6. The Morgan fingerprint density at radius 1 is 1.44 bits per heavy atom. The third-order valence-corrected chi connectivity index (χ3v) is 3.20. The molecule has 5 heteroatoms. The molecule has 18 heavy (non-hydrogen) atoms. The van der Waals surface area contributed by atoms with E-state index in [1.54, 1.807) is 6.20 Å². The Morgan fingerprint density at radius 3 is 2.89 bits per heavy atom. The van der Waals surface area contributed by atoms with Crippen LogP contribution in [-0.2, 0) is 6.54 Å². The fraction of sp³-hybridized carbons (Fsp3) is 0.385. The molecule has 0 saturated carbocycles. The summed E-state index contributed by atoms with van der Waals surface area (Å²) in [6, 6.07) is 5.53. The Labute approximate surface area is 112 Å². The first-order valence-electron chi connectivity index (χ1n) is 6.03. The number of hydrogen-bond acceptors (Lipinski definition) is 3. The molecule has 0 fully saturated rings. The maximum absolute atomic E-state index is 6.30. The summed E-state index contributed by atoms with van der Waals surface area (Å²) in [5.41, 5.74) is 9.37. The highest BCUT2D eigenvalue weighted by Crippen LogP contribution is 2.24. The number of aromatic nitrogens is 3. The minimum atomic E-state index is -0.219. The Bertz CT molecular complexity index is 536. The molecule has 0 bridgehead atoms. The van der Waals surface area contributed by atoms with Gasteiger partial charge in [0, 0.05) is 11.6 Å². The average Bonchev–Trinajstić information content (AvgIpc) is 2.77. The van der Waals surface area contributed by atoms with Crippen molar-refractivity contribution in [1.82, 2.24) is 15.0 Å². The molecule has 0 aliphatic heterocycles. The van der Waals surface area contributed by atoms with E-state index in [2.05, 4.69) is 17.2 Å². The van der Waals surface area contributed by atoms with Gasteiger partial charge in [-0.05, 0) is 36.6 Å². The lowest BCUT2D eigenvalue weighted by Gasteiger charge is -2.15. The molecule has 0 spiro atoms. The maximum atomic E-state index is 6.30. The highest BCUT2D eigenvalue weighted by atomic mass is 35.5. The monoisotopic (exact) mass is 264 g/mol. The summed E-state index contributed by atoms with van der Waals surface area (Å²) < 4.78 is 1.86. The molecule has 96 valence electrons. The molecule has 1 aromatic carbocycles. The maximum Gasteiger partial charge on any atom is 0.0799 e. The standard InChI is InChI=1S/C13H17ClN4/c1-3-6-18-12(8-16-17-18)13(15)11-5-4-10(14)7-9(11)2/h4-5,7-8,13H,3,6,15H2,1-2H3. The SMILES string of the molecule is CCCn1nncc1C(N)c1ccc(Cl)cc1C. The van der Waals surface area contributed by atoms with Gasteiger partial charge < -0.3 is 5.73 Å². The highest BCUT2D eigenvalue weighted by molar-refractivity contribution is 6.30. The van der Waals surface area contributed by atoms with E-state index in [0.717, 1.165) is 34.8 Å². The number of aryl methyl sites for hydroxylation is 2. The Balaban J connectivity index is 2.35. The van der Waals surface area contributed by atoms with Gasteiger partial charge in [-0.1, -0.05) is 29.8 Å². The van der Waals surface area contributed by atoms with Gasteiger partial charge in [0.25, 0.3) is 0 Å². The average molecular weight is 265 g/mol. The van der Waals surface area contributed by atoms with Gasteiger partial charge in [-0.15, -0.1) is 5.10 Å². The first-order chi connectivity index (χ1) is 8.63. The lowest BCUT2D eigenvalue weighted by Crippen LogP contribution is -2.18. The van der Waals surface area contributed by atoms with Crippen LogP contribution in [0.2, 0.25) is 5.02 Å². The number of nitrogens with zero attached hydrogens (tertiary/aromatic N) is 3. The Morgan fingerprint density at radius 2 is 2.22 bits per heavy atom. The first kappa shape index (κ1) is 13.1. The van der Waals surface area contributed by atoms with E-state index >= 15 is 0 Å². The van der Waals surface area contributed by atoms with Crippen LogP contribution in [0.15, 0.2) is 24.4 Å². The van der Waals surface area contributed by atoms with Gasteiger partial charge >= 0.3 is 0 Å². The smallest absolute Gasteiger partial charge is 0.0799 e. The van der Waals surface area contributed by atoms with E-state index in [1.165, 1.54) is 0 Å². The second-order valence-electron chi connectivity index (χ2n) is 4.36. The van der Waals surface area contributed by atoms with E-state index in [0.29, 0.717) is 0 Å². The van der Waals surface area contributed by atoms with Crippen molar-refractivity contribution in [2.24, 2.45) is 5.73 Å².